The van der Waals surface area contributed by atoms with Gasteiger partial charge in [-0.05, 0) is 18.2 Å². The Balaban J connectivity index is 1.72. The third kappa shape index (κ3) is 2.52. The molecule has 1 aliphatic rings. The summed E-state index contributed by atoms with van der Waals surface area (Å²) in [4.78, 5) is 8.66. The van der Waals surface area contributed by atoms with Crippen molar-refractivity contribution in [2.45, 2.75) is 5.92 Å². The number of nitrogens with one attached hydrogen (secondary N) is 1. The number of aromatic nitrogens is 2. The van der Waals surface area contributed by atoms with Crippen LogP contribution in [0.15, 0.2) is 41.1 Å². The van der Waals surface area contributed by atoms with Gasteiger partial charge in [-0.15, -0.1) is 0 Å². The van der Waals surface area contributed by atoms with Crippen LogP contribution in [-0.2, 0) is 0 Å². The summed E-state index contributed by atoms with van der Waals surface area (Å²) in [5.74, 6) is 2.76. The lowest BCUT2D eigenvalue weighted by atomic mass is 10.0. The first-order chi connectivity index (χ1) is 8.81. The number of hydrogen-bond donors (Lipinski definition) is 1. The topological polar surface area (TPSA) is 47.0 Å². The number of rotatable bonds is 3. The highest BCUT2D eigenvalue weighted by atomic mass is 79.9. The molecule has 0 radical (unpaired) electrons. The molecule has 2 heterocycles. The molecule has 92 valence electrons. The maximum absolute atomic E-state index is 5.67. The van der Waals surface area contributed by atoms with Crippen molar-refractivity contribution in [2.75, 3.05) is 13.1 Å². The van der Waals surface area contributed by atoms with Crippen LogP contribution < -0.4 is 10.1 Å². The number of hydrogen-bond acceptors (Lipinski definition) is 4. The van der Waals surface area contributed by atoms with Crippen molar-refractivity contribution in [1.82, 2.24) is 15.3 Å². The number of ether oxygens (including phenoxy) is 1. The highest BCUT2D eigenvalue weighted by molar-refractivity contribution is 9.10. The van der Waals surface area contributed by atoms with E-state index in [4.69, 9.17) is 4.74 Å². The van der Waals surface area contributed by atoms with E-state index in [2.05, 4.69) is 31.2 Å². The lowest BCUT2D eigenvalue weighted by Crippen LogP contribution is -2.40. The lowest BCUT2D eigenvalue weighted by Gasteiger charge is -2.25. The predicted octanol–water partition coefficient (Wildman–Crippen LogP) is 2.72. The molecule has 0 bridgehead atoms. The summed E-state index contributed by atoms with van der Waals surface area (Å²) in [6.45, 7) is 1.93. The van der Waals surface area contributed by atoms with Gasteiger partial charge in [0.05, 0.1) is 12.4 Å². The molecule has 0 spiro atoms. The molecule has 4 nitrogen and oxygen atoms in total. The molecular weight excluding hydrogens is 294 g/mol. The Hall–Kier alpha value is -1.46. The number of benzene rings is 1. The Kier molecular flexibility index (Phi) is 3.25. The minimum Gasteiger partial charge on any atom is -0.454 e. The number of halogens is 1. The summed E-state index contributed by atoms with van der Waals surface area (Å²) >= 11 is 3.40. The molecule has 1 aromatic heterocycles. The van der Waals surface area contributed by atoms with Crippen molar-refractivity contribution in [3.05, 3.63) is 47.0 Å². The smallest absolute Gasteiger partial charge is 0.164 e. The van der Waals surface area contributed by atoms with Crippen LogP contribution in [0.1, 0.15) is 11.7 Å². The van der Waals surface area contributed by atoms with Gasteiger partial charge in [-0.25, -0.2) is 9.97 Å². The molecule has 1 aromatic carbocycles. The highest BCUT2D eigenvalue weighted by Gasteiger charge is 2.21. The SMILES string of the molecule is Brc1cccc(Oc2cnc(C3CNC3)nc2)c1. The van der Waals surface area contributed by atoms with E-state index < -0.39 is 0 Å². The van der Waals surface area contributed by atoms with Crippen molar-refractivity contribution in [3.63, 3.8) is 0 Å². The van der Waals surface area contributed by atoms with Gasteiger partial charge in [-0.2, -0.15) is 0 Å². The van der Waals surface area contributed by atoms with E-state index in [0.29, 0.717) is 11.7 Å². The molecule has 1 fully saturated rings. The molecule has 2 aromatic rings. The second-order valence-electron chi connectivity index (χ2n) is 4.19. The van der Waals surface area contributed by atoms with Gasteiger partial charge in [0, 0.05) is 23.5 Å². The molecule has 0 aliphatic carbocycles. The molecule has 3 rings (SSSR count). The normalized spacial score (nSPS) is 15.2. The van der Waals surface area contributed by atoms with Gasteiger partial charge in [0.25, 0.3) is 0 Å². The molecule has 0 atom stereocenters. The molecule has 0 saturated carbocycles. The van der Waals surface area contributed by atoms with Crippen molar-refractivity contribution >= 4 is 15.9 Å². The van der Waals surface area contributed by atoms with Crippen LogP contribution in [0, 0.1) is 0 Å². The van der Waals surface area contributed by atoms with Crippen LogP contribution in [0.4, 0.5) is 0 Å². The lowest BCUT2D eigenvalue weighted by molar-refractivity contribution is 0.424. The molecule has 1 aliphatic heterocycles. The Morgan fingerprint density at radius 1 is 1.17 bits per heavy atom. The Morgan fingerprint density at radius 3 is 2.56 bits per heavy atom. The van der Waals surface area contributed by atoms with Crippen LogP contribution in [0.25, 0.3) is 0 Å². The van der Waals surface area contributed by atoms with Gasteiger partial charge in [-0.1, -0.05) is 22.0 Å². The Bertz CT molecular complexity index is 540. The molecule has 5 heteroatoms. The zero-order valence-corrected chi connectivity index (χ0v) is 11.2. The summed E-state index contributed by atoms with van der Waals surface area (Å²) in [6, 6.07) is 7.68. The molecule has 0 unspecified atom stereocenters. The van der Waals surface area contributed by atoms with Gasteiger partial charge in [0.15, 0.2) is 5.75 Å². The van der Waals surface area contributed by atoms with E-state index in [1.807, 2.05) is 24.3 Å². The van der Waals surface area contributed by atoms with Crippen LogP contribution >= 0.6 is 15.9 Å². The van der Waals surface area contributed by atoms with E-state index in [9.17, 15) is 0 Å². The quantitative estimate of drug-likeness (QED) is 0.947. The third-order valence-electron chi connectivity index (χ3n) is 2.83. The van der Waals surface area contributed by atoms with E-state index in [0.717, 1.165) is 29.1 Å². The summed E-state index contributed by atoms with van der Waals surface area (Å²) in [6.07, 6.45) is 3.45. The average Bonchev–Trinajstić information content (AvgIpc) is 2.29. The Labute approximate surface area is 114 Å². The summed E-state index contributed by atoms with van der Waals surface area (Å²) in [5, 5.41) is 3.20. The number of nitrogens with zero attached hydrogens (tertiary/aromatic N) is 2. The first-order valence-corrected chi connectivity index (χ1v) is 6.56. The van der Waals surface area contributed by atoms with Crippen LogP contribution in [0.3, 0.4) is 0 Å². The fourth-order valence-corrected chi connectivity index (χ4v) is 2.11. The van der Waals surface area contributed by atoms with Gasteiger partial charge >= 0.3 is 0 Å². The second-order valence-corrected chi connectivity index (χ2v) is 5.11. The largest absolute Gasteiger partial charge is 0.454 e. The van der Waals surface area contributed by atoms with Crippen molar-refractivity contribution in [3.8, 4) is 11.5 Å². The van der Waals surface area contributed by atoms with E-state index >= 15 is 0 Å². The fraction of sp³-hybridized carbons (Fsp3) is 0.231. The first kappa shape index (κ1) is 11.6. The summed E-state index contributed by atoms with van der Waals surface area (Å²) < 4.78 is 6.66. The predicted molar refractivity (Wildman–Crippen MR) is 71.9 cm³/mol. The summed E-state index contributed by atoms with van der Waals surface area (Å²) in [5.41, 5.74) is 0. The minimum atomic E-state index is 0.449. The highest BCUT2D eigenvalue weighted by Crippen LogP contribution is 2.24. The van der Waals surface area contributed by atoms with Gasteiger partial charge in [0.1, 0.15) is 11.6 Å². The maximum Gasteiger partial charge on any atom is 0.164 e. The van der Waals surface area contributed by atoms with E-state index in [1.54, 1.807) is 12.4 Å². The van der Waals surface area contributed by atoms with Gasteiger partial charge in [0.2, 0.25) is 0 Å². The van der Waals surface area contributed by atoms with Crippen LogP contribution in [0.2, 0.25) is 0 Å². The molecule has 1 saturated heterocycles. The monoisotopic (exact) mass is 305 g/mol. The maximum atomic E-state index is 5.67. The standard InChI is InChI=1S/C13H12BrN3O/c14-10-2-1-3-11(4-10)18-12-7-16-13(17-8-12)9-5-15-6-9/h1-4,7-9,15H,5-6H2. The first-order valence-electron chi connectivity index (χ1n) is 5.77. The summed E-state index contributed by atoms with van der Waals surface area (Å²) in [7, 11) is 0. The minimum absolute atomic E-state index is 0.449. The molecule has 18 heavy (non-hydrogen) atoms. The van der Waals surface area contributed by atoms with Crippen molar-refractivity contribution in [2.24, 2.45) is 0 Å². The van der Waals surface area contributed by atoms with E-state index in [1.165, 1.54) is 0 Å². The van der Waals surface area contributed by atoms with Gasteiger partial charge in [-0.3, -0.25) is 0 Å². The molecular formula is C13H12BrN3O. The molecule has 1 N–H and O–H groups in total. The second kappa shape index (κ2) is 5.04. The van der Waals surface area contributed by atoms with E-state index in [-0.39, 0.29) is 0 Å². The van der Waals surface area contributed by atoms with Gasteiger partial charge < -0.3 is 10.1 Å². The van der Waals surface area contributed by atoms with Crippen LogP contribution in [0.5, 0.6) is 11.5 Å². The van der Waals surface area contributed by atoms with Crippen LogP contribution in [-0.4, -0.2) is 23.1 Å². The zero-order valence-electron chi connectivity index (χ0n) is 9.64. The zero-order chi connectivity index (χ0) is 12.4. The fourth-order valence-electron chi connectivity index (χ4n) is 1.73. The van der Waals surface area contributed by atoms with Crippen molar-refractivity contribution < 1.29 is 4.74 Å². The third-order valence-corrected chi connectivity index (χ3v) is 3.32. The Morgan fingerprint density at radius 2 is 1.94 bits per heavy atom. The van der Waals surface area contributed by atoms with Crippen molar-refractivity contribution in [1.29, 1.82) is 0 Å². The molecule has 0 amide bonds. The average molecular weight is 306 g/mol.